The molecule has 0 aliphatic carbocycles. The number of nitrogens with one attached hydrogen (secondary N) is 1. The van der Waals surface area contributed by atoms with Crippen molar-refractivity contribution in [3.8, 4) is 0 Å². The number of anilines is 1. The number of aliphatic hydroxyl groups excluding tert-OH is 1. The van der Waals surface area contributed by atoms with E-state index in [4.69, 9.17) is 9.47 Å². The third-order valence-corrected chi connectivity index (χ3v) is 4.41. The fourth-order valence-corrected chi connectivity index (χ4v) is 3.04. The minimum Gasteiger partial charge on any atom is -0.444 e. The predicted octanol–water partition coefficient (Wildman–Crippen LogP) is 5.40. The lowest BCUT2D eigenvalue weighted by Gasteiger charge is -2.28. The van der Waals surface area contributed by atoms with Crippen molar-refractivity contribution in [2.45, 2.75) is 78.4 Å². The molecule has 0 heterocycles. The van der Waals surface area contributed by atoms with Crippen molar-refractivity contribution in [3.05, 3.63) is 65.7 Å². The molecule has 180 valence electrons. The molecule has 0 saturated heterocycles. The molecule has 2 rings (SSSR count). The van der Waals surface area contributed by atoms with Gasteiger partial charge in [0.15, 0.2) is 0 Å². The second kappa shape index (κ2) is 11.2. The van der Waals surface area contributed by atoms with Gasteiger partial charge in [0.05, 0.1) is 6.54 Å². The molecular weight excluding hydrogens is 420 g/mol. The standard InChI is InChI=1S/C26H36N2O5/c1-25(2,3)32-23(30)27-22(29)16-15-19-13-10-14-21(17-19)28(24(31)33-26(4,5)6)18-20-11-8-7-9-12-20/h7-14,17,22,29H,15-16,18H2,1-6H3,(H,27,30). The van der Waals surface area contributed by atoms with Crippen LogP contribution in [0.5, 0.6) is 0 Å². The Kier molecular flexibility index (Phi) is 8.88. The highest BCUT2D eigenvalue weighted by atomic mass is 16.6. The average molecular weight is 457 g/mol. The maximum atomic E-state index is 13.0. The first kappa shape index (κ1) is 26.2. The summed E-state index contributed by atoms with van der Waals surface area (Å²) in [5.74, 6) is 0. The van der Waals surface area contributed by atoms with E-state index in [1.807, 2.05) is 75.4 Å². The van der Waals surface area contributed by atoms with Crippen molar-refractivity contribution in [2.24, 2.45) is 0 Å². The highest BCUT2D eigenvalue weighted by Crippen LogP contribution is 2.23. The Morgan fingerprint density at radius 1 is 0.909 bits per heavy atom. The highest BCUT2D eigenvalue weighted by molar-refractivity contribution is 5.88. The highest BCUT2D eigenvalue weighted by Gasteiger charge is 2.24. The number of benzene rings is 2. The summed E-state index contributed by atoms with van der Waals surface area (Å²) < 4.78 is 10.8. The minimum atomic E-state index is -1.05. The number of rotatable bonds is 7. The lowest BCUT2D eigenvalue weighted by atomic mass is 10.1. The summed E-state index contributed by atoms with van der Waals surface area (Å²) in [5.41, 5.74) is 1.33. The molecule has 0 aromatic heterocycles. The van der Waals surface area contributed by atoms with Crippen LogP contribution < -0.4 is 10.2 Å². The van der Waals surface area contributed by atoms with Gasteiger partial charge in [0, 0.05) is 5.69 Å². The summed E-state index contributed by atoms with van der Waals surface area (Å²) in [6.45, 7) is 11.1. The molecule has 7 heteroatoms. The first-order valence-electron chi connectivity index (χ1n) is 11.1. The monoisotopic (exact) mass is 456 g/mol. The summed E-state index contributed by atoms with van der Waals surface area (Å²) in [4.78, 5) is 26.4. The van der Waals surface area contributed by atoms with Crippen LogP contribution in [0, 0.1) is 0 Å². The number of ether oxygens (including phenoxy) is 2. The van der Waals surface area contributed by atoms with Crippen molar-refractivity contribution in [1.82, 2.24) is 5.32 Å². The van der Waals surface area contributed by atoms with Gasteiger partial charge in [-0.3, -0.25) is 10.2 Å². The summed E-state index contributed by atoms with van der Waals surface area (Å²) in [6, 6.07) is 17.2. The Balaban J connectivity index is 2.11. The SMILES string of the molecule is CC(C)(C)OC(=O)NC(O)CCc1cccc(N(Cc2ccccc2)C(=O)OC(C)(C)C)c1. The van der Waals surface area contributed by atoms with Gasteiger partial charge >= 0.3 is 12.2 Å². The van der Waals surface area contributed by atoms with Crippen LogP contribution in [0.2, 0.25) is 0 Å². The Morgan fingerprint density at radius 3 is 2.12 bits per heavy atom. The Bertz CT molecular complexity index is 916. The molecule has 2 aromatic rings. The zero-order valence-electron chi connectivity index (χ0n) is 20.4. The zero-order chi connectivity index (χ0) is 24.6. The Morgan fingerprint density at radius 2 is 1.52 bits per heavy atom. The smallest absolute Gasteiger partial charge is 0.415 e. The second-order valence-electron chi connectivity index (χ2n) is 9.92. The van der Waals surface area contributed by atoms with Crippen molar-refractivity contribution in [3.63, 3.8) is 0 Å². The van der Waals surface area contributed by atoms with Crippen LogP contribution in [-0.4, -0.2) is 34.7 Å². The van der Waals surface area contributed by atoms with E-state index < -0.39 is 29.6 Å². The minimum absolute atomic E-state index is 0.299. The lowest BCUT2D eigenvalue weighted by Crippen LogP contribution is -2.39. The van der Waals surface area contributed by atoms with Crippen molar-refractivity contribution < 1.29 is 24.2 Å². The maximum absolute atomic E-state index is 13.0. The number of nitrogens with zero attached hydrogens (tertiary/aromatic N) is 1. The number of hydrogen-bond donors (Lipinski definition) is 2. The third-order valence-electron chi connectivity index (χ3n) is 4.41. The Hall–Kier alpha value is -3.06. The molecule has 2 aromatic carbocycles. The molecule has 0 fully saturated rings. The van der Waals surface area contributed by atoms with Gasteiger partial charge in [0.2, 0.25) is 0 Å². The zero-order valence-corrected chi connectivity index (χ0v) is 20.4. The first-order chi connectivity index (χ1) is 15.3. The van der Waals surface area contributed by atoms with Crippen LogP contribution in [0.3, 0.4) is 0 Å². The molecule has 0 bridgehead atoms. The topological polar surface area (TPSA) is 88.1 Å². The predicted molar refractivity (Wildman–Crippen MR) is 129 cm³/mol. The van der Waals surface area contributed by atoms with Gasteiger partial charge in [-0.15, -0.1) is 0 Å². The van der Waals surface area contributed by atoms with Crippen LogP contribution in [-0.2, 0) is 22.4 Å². The summed E-state index contributed by atoms with van der Waals surface area (Å²) in [6.07, 6.45) is -1.35. The van der Waals surface area contributed by atoms with Gasteiger partial charge in [-0.05, 0) is 77.6 Å². The van der Waals surface area contributed by atoms with E-state index >= 15 is 0 Å². The van der Waals surface area contributed by atoms with E-state index in [-0.39, 0.29) is 0 Å². The molecule has 2 amide bonds. The van der Waals surface area contributed by atoms with Crippen LogP contribution >= 0.6 is 0 Å². The number of carbonyl (C=O) groups excluding carboxylic acids is 2. The molecule has 7 nitrogen and oxygen atoms in total. The van der Waals surface area contributed by atoms with Crippen molar-refractivity contribution >= 4 is 17.9 Å². The molecule has 0 spiro atoms. The number of hydrogen-bond acceptors (Lipinski definition) is 5. The van der Waals surface area contributed by atoms with E-state index in [0.717, 1.165) is 11.1 Å². The molecule has 2 N–H and O–H groups in total. The van der Waals surface area contributed by atoms with Gasteiger partial charge < -0.3 is 14.6 Å². The van der Waals surface area contributed by atoms with E-state index in [1.54, 1.807) is 25.7 Å². The van der Waals surface area contributed by atoms with Gasteiger partial charge in [0.1, 0.15) is 17.4 Å². The van der Waals surface area contributed by atoms with E-state index in [0.29, 0.717) is 25.1 Å². The summed E-state index contributed by atoms with van der Waals surface area (Å²) in [7, 11) is 0. The van der Waals surface area contributed by atoms with Crippen LogP contribution in [0.25, 0.3) is 0 Å². The fourth-order valence-electron chi connectivity index (χ4n) is 3.04. The van der Waals surface area contributed by atoms with Crippen LogP contribution in [0.4, 0.5) is 15.3 Å². The summed E-state index contributed by atoms with van der Waals surface area (Å²) >= 11 is 0. The average Bonchev–Trinajstić information content (AvgIpc) is 2.68. The van der Waals surface area contributed by atoms with Crippen molar-refractivity contribution in [1.29, 1.82) is 0 Å². The number of aryl methyl sites for hydroxylation is 1. The Labute approximate surface area is 196 Å². The maximum Gasteiger partial charge on any atom is 0.415 e. The fraction of sp³-hybridized carbons (Fsp3) is 0.462. The van der Waals surface area contributed by atoms with Crippen LogP contribution in [0.15, 0.2) is 54.6 Å². The molecule has 1 atom stereocenters. The van der Waals surface area contributed by atoms with Crippen LogP contribution in [0.1, 0.15) is 59.1 Å². The van der Waals surface area contributed by atoms with E-state index in [2.05, 4.69) is 5.32 Å². The molecule has 33 heavy (non-hydrogen) atoms. The normalized spacial score (nSPS) is 12.6. The molecule has 0 aliphatic heterocycles. The van der Waals surface area contributed by atoms with E-state index in [1.165, 1.54) is 0 Å². The van der Waals surface area contributed by atoms with Gasteiger partial charge in [0.25, 0.3) is 0 Å². The number of carbonyl (C=O) groups is 2. The third kappa shape index (κ3) is 9.95. The first-order valence-corrected chi connectivity index (χ1v) is 11.1. The van der Waals surface area contributed by atoms with Gasteiger partial charge in [-0.2, -0.15) is 0 Å². The second-order valence-corrected chi connectivity index (χ2v) is 9.92. The molecule has 0 saturated carbocycles. The largest absolute Gasteiger partial charge is 0.444 e. The lowest BCUT2D eigenvalue weighted by molar-refractivity contribution is 0.0344. The molecule has 1 unspecified atom stereocenters. The van der Waals surface area contributed by atoms with E-state index in [9.17, 15) is 14.7 Å². The summed E-state index contributed by atoms with van der Waals surface area (Å²) in [5, 5.41) is 12.6. The molecular formula is C26H36N2O5. The number of amides is 2. The van der Waals surface area contributed by atoms with Gasteiger partial charge in [-0.1, -0.05) is 42.5 Å². The number of aliphatic hydroxyl groups is 1. The number of alkyl carbamates (subject to hydrolysis) is 1. The quantitative estimate of drug-likeness (QED) is 0.544. The molecule has 0 radical (unpaired) electrons. The van der Waals surface area contributed by atoms with Gasteiger partial charge in [-0.25, -0.2) is 9.59 Å². The van der Waals surface area contributed by atoms with Crippen molar-refractivity contribution in [2.75, 3.05) is 4.90 Å². The molecule has 0 aliphatic rings.